The van der Waals surface area contributed by atoms with Gasteiger partial charge in [-0.25, -0.2) is 4.79 Å². The molecule has 136 valence electrons. The fraction of sp³-hybridized carbons (Fsp3) is 0.294. The molecule has 2 aromatic rings. The molecule has 1 aliphatic rings. The van der Waals surface area contributed by atoms with Crippen LogP contribution in [0.4, 0.5) is 11.5 Å². The number of anilines is 2. The molecule has 26 heavy (non-hydrogen) atoms. The summed E-state index contributed by atoms with van der Waals surface area (Å²) in [7, 11) is 4.33. The van der Waals surface area contributed by atoms with Crippen LogP contribution in [0.2, 0.25) is 0 Å². The van der Waals surface area contributed by atoms with Gasteiger partial charge in [-0.2, -0.15) is 0 Å². The zero-order chi connectivity index (χ0) is 19.0. The molecule has 0 fully saturated rings. The molecule has 0 saturated carbocycles. The molecule has 3 rings (SSSR count). The van der Waals surface area contributed by atoms with Gasteiger partial charge in [0.25, 0.3) is 5.56 Å². The van der Waals surface area contributed by atoms with Gasteiger partial charge in [0.1, 0.15) is 11.6 Å². The van der Waals surface area contributed by atoms with Gasteiger partial charge in [0, 0.05) is 26.2 Å². The van der Waals surface area contributed by atoms with Crippen LogP contribution >= 0.6 is 0 Å². The Morgan fingerprint density at radius 2 is 1.81 bits per heavy atom. The lowest BCUT2D eigenvalue weighted by molar-refractivity contribution is -0.122. The highest BCUT2D eigenvalue weighted by atomic mass is 16.5. The lowest BCUT2D eigenvalue weighted by Gasteiger charge is -2.11. The third-order valence-electron chi connectivity index (χ3n) is 4.37. The summed E-state index contributed by atoms with van der Waals surface area (Å²) in [5.41, 5.74) is -0.451. The summed E-state index contributed by atoms with van der Waals surface area (Å²) in [4.78, 5) is 49.0. The highest BCUT2D eigenvalue weighted by Crippen LogP contribution is 2.31. The van der Waals surface area contributed by atoms with Crippen LogP contribution in [-0.2, 0) is 23.7 Å². The summed E-state index contributed by atoms with van der Waals surface area (Å²) in [6.45, 7) is 0. The number of nitrogens with zero attached hydrogens (tertiary/aromatic N) is 2. The second-order valence-electron chi connectivity index (χ2n) is 5.99. The van der Waals surface area contributed by atoms with Crippen molar-refractivity contribution in [1.82, 2.24) is 9.13 Å². The Hall–Kier alpha value is -3.36. The third kappa shape index (κ3) is 2.87. The number of rotatable bonds is 4. The summed E-state index contributed by atoms with van der Waals surface area (Å²) >= 11 is 0. The molecule has 1 atom stereocenters. The predicted molar refractivity (Wildman–Crippen MR) is 94.5 cm³/mol. The molecule has 2 heterocycles. The van der Waals surface area contributed by atoms with Crippen molar-refractivity contribution in [3.63, 3.8) is 0 Å². The van der Waals surface area contributed by atoms with Gasteiger partial charge in [-0.3, -0.25) is 23.5 Å². The SMILES string of the molecule is COc1ccc(NC(=O)C[C@@H]2C(=O)Nc3c2c(=O)n(C)c(=O)n3C)cc1. The van der Waals surface area contributed by atoms with Crippen molar-refractivity contribution in [3.8, 4) is 5.75 Å². The molecule has 1 aromatic heterocycles. The third-order valence-corrected chi connectivity index (χ3v) is 4.37. The van der Waals surface area contributed by atoms with Crippen LogP contribution in [-0.4, -0.2) is 28.1 Å². The summed E-state index contributed by atoms with van der Waals surface area (Å²) in [6, 6.07) is 6.72. The number of ether oxygens (including phenoxy) is 1. The lowest BCUT2D eigenvalue weighted by atomic mass is 9.99. The number of methoxy groups -OCH3 is 1. The van der Waals surface area contributed by atoms with Gasteiger partial charge in [-0.15, -0.1) is 0 Å². The Morgan fingerprint density at radius 1 is 1.15 bits per heavy atom. The van der Waals surface area contributed by atoms with Crippen molar-refractivity contribution in [2.75, 3.05) is 17.7 Å². The van der Waals surface area contributed by atoms with E-state index in [2.05, 4.69) is 10.6 Å². The molecule has 2 N–H and O–H groups in total. The molecule has 0 saturated heterocycles. The maximum atomic E-state index is 12.4. The smallest absolute Gasteiger partial charge is 0.332 e. The van der Waals surface area contributed by atoms with Gasteiger partial charge in [0.15, 0.2) is 0 Å². The highest BCUT2D eigenvalue weighted by molar-refractivity contribution is 6.05. The number of hydrogen-bond donors (Lipinski definition) is 2. The molecule has 1 aliphatic heterocycles. The van der Waals surface area contributed by atoms with E-state index >= 15 is 0 Å². The minimum absolute atomic E-state index is 0.129. The predicted octanol–water partition coefficient (Wildman–Crippen LogP) is 0.157. The van der Waals surface area contributed by atoms with Crippen LogP contribution < -0.4 is 26.6 Å². The fourth-order valence-corrected chi connectivity index (χ4v) is 2.94. The standard InChI is InChI=1S/C17H18N4O5/c1-20-14-13(16(24)21(2)17(20)25)11(15(23)19-14)8-12(22)18-9-4-6-10(26-3)7-5-9/h4-7,11H,8H2,1-3H3,(H,18,22)(H,19,23)/t11-/m0/s1. The highest BCUT2D eigenvalue weighted by Gasteiger charge is 2.37. The first-order chi connectivity index (χ1) is 12.3. The Labute approximate surface area is 148 Å². The first-order valence-electron chi connectivity index (χ1n) is 7.88. The second kappa shape index (κ2) is 6.51. The van der Waals surface area contributed by atoms with Crippen molar-refractivity contribution < 1.29 is 14.3 Å². The van der Waals surface area contributed by atoms with Gasteiger partial charge in [-0.1, -0.05) is 0 Å². The summed E-state index contributed by atoms with van der Waals surface area (Å²) in [5, 5.41) is 5.20. The zero-order valence-electron chi connectivity index (χ0n) is 14.5. The molecule has 9 heteroatoms. The normalized spacial score (nSPS) is 15.3. The van der Waals surface area contributed by atoms with Crippen molar-refractivity contribution in [1.29, 1.82) is 0 Å². The molecule has 0 aliphatic carbocycles. The van der Waals surface area contributed by atoms with Gasteiger partial charge in [0.05, 0.1) is 18.6 Å². The monoisotopic (exact) mass is 358 g/mol. The van der Waals surface area contributed by atoms with E-state index in [1.165, 1.54) is 25.8 Å². The van der Waals surface area contributed by atoms with E-state index in [9.17, 15) is 19.2 Å². The lowest BCUT2D eigenvalue weighted by Crippen LogP contribution is -2.39. The van der Waals surface area contributed by atoms with Crippen molar-refractivity contribution in [3.05, 3.63) is 50.7 Å². The summed E-state index contributed by atoms with van der Waals surface area (Å²) in [6.07, 6.45) is -0.210. The second-order valence-corrected chi connectivity index (χ2v) is 5.99. The molecule has 0 radical (unpaired) electrons. The largest absolute Gasteiger partial charge is 0.497 e. The summed E-state index contributed by atoms with van der Waals surface area (Å²) < 4.78 is 7.16. The number of nitrogens with one attached hydrogen (secondary N) is 2. The average molecular weight is 358 g/mol. The quantitative estimate of drug-likeness (QED) is 0.809. The minimum Gasteiger partial charge on any atom is -0.497 e. The van der Waals surface area contributed by atoms with Crippen LogP contribution in [0.25, 0.3) is 0 Å². The van der Waals surface area contributed by atoms with E-state index < -0.39 is 29.0 Å². The van der Waals surface area contributed by atoms with Crippen LogP contribution in [0.1, 0.15) is 17.9 Å². The van der Waals surface area contributed by atoms with Crippen LogP contribution in [0, 0.1) is 0 Å². The van der Waals surface area contributed by atoms with Gasteiger partial charge in [-0.05, 0) is 24.3 Å². The number of hydrogen-bond acceptors (Lipinski definition) is 5. The van der Waals surface area contributed by atoms with Crippen LogP contribution in [0.5, 0.6) is 5.75 Å². The van der Waals surface area contributed by atoms with Gasteiger partial charge < -0.3 is 15.4 Å². The van der Waals surface area contributed by atoms with Gasteiger partial charge in [0.2, 0.25) is 11.8 Å². The maximum Gasteiger partial charge on any atom is 0.332 e. The fourth-order valence-electron chi connectivity index (χ4n) is 2.94. The number of aromatic nitrogens is 2. The first-order valence-corrected chi connectivity index (χ1v) is 7.88. The van der Waals surface area contributed by atoms with Crippen molar-refractivity contribution in [2.24, 2.45) is 14.1 Å². The molecule has 0 bridgehead atoms. The maximum absolute atomic E-state index is 12.4. The van der Waals surface area contributed by atoms with E-state index in [0.717, 1.165) is 4.57 Å². The van der Waals surface area contributed by atoms with Crippen LogP contribution in [0.15, 0.2) is 33.9 Å². The number of fused-ring (bicyclic) bond motifs is 1. The number of carbonyl (C=O) groups excluding carboxylic acids is 2. The Balaban J connectivity index is 1.85. The van der Waals surface area contributed by atoms with Crippen molar-refractivity contribution >= 4 is 23.3 Å². The minimum atomic E-state index is -0.950. The zero-order valence-corrected chi connectivity index (χ0v) is 14.5. The Kier molecular flexibility index (Phi) is 4.37. The average Bonchev–Trinajstić information content (AvgIpc) is 2.95. The molecule has 2 amide bonds. The molecule has 0 unspecified atom stereocenters. The molecule has 0 spiro atoms. The Bertz CT molecular complexity index is 1000. The van der Waals surface area contributed by atoms with Gasteiger partial charge >= 0.3 is 5.69 Å². The van der Waals surface area contributed by atoms with E-state index in [-0.39, 0.29) is 17.8 Å². The van der Waals surface area contributed by atoms with E-state index in [1.54, 1.807) is 24.3 Å². The van der Waals surface area contributed by atoms with E-state index in [1.807, 2.05) is 0 Å². The molecule has 1 aromatic carbocycles. The number of amides is 2. The first kappa shape index (κ1) is 17.5. The van der Waals surface area contributed by atoms with Crippen molar-refractivity contribution in [2.45, 2.75) is 12.3 Å². The van der Waals surface area contributed by atoms with E-state index in [4.69, 9.17) is 4.74 Å². The molecular formula is C17H18N4O5. The number of carbonyl (C=O) groups is 2. The topological polar surface area (TPSA) is 111 Å². The molecular weight excluding hydrogens is 340 g/mol. The Morgan fingerprint density at radius 3 is 2.42 bits per heavy atom. The van der Waals surface area contributed by atoms with Crippen LogP contribution in [0.3, 0.4) is 0 Å². The summed E-state index contributed by atoms with van der Waals surface area (Å²) in [5.74, 6) is -1.06. The van der Waals surface area contributed by atoms with E-state index in [0.29, 0.717) is 11.4 Å². The molecule has 9 nitrogen and oxygen atoms in total. The number of benzene rings is 1.